The van der Waals surface area contributed by atoms with E-state index in [-0.39, 0.29) is 17.7 Å². The largest absolute Gasteiger partial charge is 0.352 e. The summed E-state index contributed by atoms with van der Waals surface area (Å²) < 4.78 is 0. The molecule has 1 aromatic carbocycles. The first kappa shape index (κ1) is 12.4. The molecule has 4 heteroatoms. The molecule has 2 amide bonds. The van der Waals surface area contributed by atoms with Gasteiger partial charge < -0.3 is 10.2 Å². The number of nitrogens with zero attached hydrogens (tertiary/aromatic N) is 1. The van der Waals surface area contributed by atoms with Gasteiger partial charge >= 0.3 is 0 Å². The third-order valence-electron chi connectivity index (χ3n) is 3.05. The van der Waals surface area contributed by atoms with Crippen LogP contribution in [-0.2, 0) is 16.1 Å². The van der Waals surface area contributed by atoms with Crippen molar-refractivity contribution >= 4 is 11.8 Å². The van der Waals surface area contributed by atoms with Crippen LogP contribution in [0.4, 0.5) is 0 Å². The maximum atomic E-state index is 11.8. The summed E-state index contributed by atoms with van der Waals surface area (Å²) in [5.41, 5.74) is 1.07. The Bertz CT molecular complexity index is 450. The van der Waals surface area contributed by atoms with E-state index in [9.17, 15) is 9.59 Å². The standard InChI is InChI=1S/C14H16N2O2/c1-2-13(17)16-9-12(10-16)14(18)15-8-11-6-4-3-5-7-11/h2-7,12H,1,8-10H2,(H,15,18). The Kier molecular flexibility index (Phi) is 3.77. The first-order valence-electron chi connectivity index (χ1n) is 5.93. The second-order valence-electron chi connectivity index (χ2n) is 4.35. The number of carbonyl (C=O) groups is 2. The topological polar surface area (TPSA) is 49.4 Å². The van der Waals surface area contributed by atoms with Crippen LogP contribution in [0.5, 0.6) is 0 Å². The van der Waals surface area contributed by atoms with Crippen LogP contribution in [-0.4, -0.2) is 29.8 Å². The van der Waals surface area contributed by atoms with Gasteiger partial charge in [-0.15, -0.1) is 0 Å². The van der Waals surface area contributed by atoms with E-state index >= 15 is 0 Å². The van der Waals surface area contributed by atoms with Gasteiger partial charge in [0.05, 0.1) is 5.92 Å². The summed E-state index contributed by atoms with van der Waals surface area (Å²) in [5.74, 6) is -0.188. The van der Waals surface area contributed by atoms with Crippen molar-refractivity contribution < 1.29 is 9.59 Å². The molecule has 0 saturated carbocycles. The molecule has 1 fully saturated rings. The van der Waals surface area contributed by atoms with Gasteiger partial charge in [-0.1, -0.05) is 36.9 Å². The van der Waals surface area contributed by atoms with E-state index in [2.05, 4.69) is 11.9 Å². The SMILES string of the molecule is C=CC(=O)N1CC(C(=O)NCc2ccccc2)C1. The minimum atomic E-state index is -0.109. The molecule has 0 bridgehead atoms. The van der Waals surface area contributed by atoms with Crippen LogP contribution in [0.2, 0.25) is 0 Å². The predicted octanol–water partition coefficient (Wildman–Crippen LogP) is 0.947. The van der Waals surface area contributed by atoms with Crippen molar-refractivity contribution in [1.82, 2.24) is 10.2 Å². The molecule has 2 rings (SSSR count). The van der Waals surface area contributed by atoms with E-state index in [1.807, 2.05) is 30.3 Å². The summed E-state index contributed by atoms with van der Waals surface area (Å²) in [4.78, 5) is 24.6. The lowest BCUT2D eigenvalue weighted by Gasteiger charge is -2.37. The summed E-state index contributed by atoms with van der Waals surface area (Å²) in [5, 5.41) is 2.88. The number of carbonyl (C=O) groups excluding carboxylic acids is 2. The zero-order chi connectivity index (χ0) is 13.0. The molecule has 4 nitrogen and oxygen atoms in total. The average molecular weight is 244 g/mol. The monoisotopic (exact) mass is 244 g/mol. The van der Waals surface area contributed by atoms with Crippen LogP contribution in [0.1, 0.15) is 5.56 Å². The molecule has 18 heavy (non-hydrogen) atoms. The Morgan fingerprint density at radius 3 is 2.61 bits per heavy atom. The van der Waals surface area contributed by atoms with E-state index in [0.29, 0.717) is 19.6 Å². The number of benzene rings is 1. The van der Waals surface area contributed by atoms with E-state index in [0.717, 1.165) is 5.56 Å². The van der Waals surface area contributed by atoms with Crippen LogP contribution in [0.15, 0.2) is 43.0 Å². The van der Waals surface area contributed by atoms with Gasteiger partial charge in [0.2, 0.25) is 11.8 Å². The third kappa shape index (κ3) is 2.77. The van der Waals surface area contributed by atoms with Gasteiger partial charge in [-0.3, -0.25) is 9.59 Å². The Morgan fingerprint density at radius 2 is 2.00 bits per heavy atom. The number of amides is 2. The third-order valence-corrected chi connectivity index (χ3v) is 3.05. The van der Waals surface area contributed by atoms with Gasteiger partial charge in [-0.05, 0) is 11.6 Å². The molecule has 1 aromatic rings. The summed E-state index contributed by atoms with van der Waals surface area (Å²) in [6.45, 7) is 4.93. The molecule has 1 saturated heterocycles. The molecular weight excluding hydrogens is 228 g/mol. The van der Waals surface area contributed by atoms with Crippen molar-refractivity contribution in [3.8, 4) is 0 Å². The lowest BCUT2D eigenvalue weighted by molar-refractivity contribution is -0.139. The van der Waals surface area contributed by atoms with Gasteiger partial charge in [0.25, 0.3) is 0 Å². The summed E-state index contributed by atoms with van der Waals surface area (Å²) >= 11 is 0. The smallest absolute Gasteiger partial charge is 0.246 e. The number of hydrogen-bond acceptors (Lipinski definition) is 2. The van der Waals surface area contributed by atoms with Crippen molar-refractivity contribution in [2.45, 2.75) is 6.54 Å². The van der Waals surface area contributed by atoms with Crippen molar-refractivity contribution in [2.24, 2.45) is 5.92 Å². The summed E-state index contributed by atoms with van der Waals surface area (Å²) in [7, 11) is 0. The van der Waals surface area contributed by atoms with Crippen LogP contribution in [0.25, 0.3) is 0 Å². The zero-order valence-electron chi connectivity index (χ0n) is 10.1. The highest BCUT2D eigenvalue weighted by atomic mass is 16.2. The lowest BCUT2D eigenvalue weighted by Crippen LogP contribution is -2.55. The molecule has 94 valence electrons. The fourth-order valence-corrected chi connectivity index (χ4v) is 1.88. The van der Waals surface area contributed by atoms with E-state index in [1.54, 1.807) is 4.90 Å². The molecule has 0 aliphatic carbocycles. The zero-order valence-corrected chi connectivity index (χ0v) is 10.1. The quantitative estimate of drug-likeness (QED) is 0.802. The van der Waals surface area contributed by atoms with Gasteiger partial charge in [0.1, 0.15) is 0 Å². The minimum absolute atomic E-state index is 0.00645. The van der Waals surface area contributed by atoms with Crippen molar-refractivity contribution in [2.75, 3.05) is 13.1 Å². The van der Waals surface area contributed by atoms with E-state index < -0.39 is 0 Å². The van der Waals surface area contributed by atoms with Crippen molar-refractivity contribution in [3.05, 3.63) is 48.6 Å². The average Bonchev–Trinajstić information content (AvgIpc) is 2.35. The molecule has 0 unspecified atom stereocenters. The Morgan fingerprint density at radius 1 is 1.33 bits per heavy atom. The Balaban J connectivity index is 1.74. The van der Waals surface area contributed by atoms with Gasteiger partial charge in [-0.25, -0.2) is 0 Å². The van der Waals surface area contributed by atoms with Crippen LogP contribution < -0.4 is 5.32 Å². The Hall–Kier alpha value is -2.10. The predicted molar refractivity (Wildman–Crippen MR) is 68.6 cm³/mol. The van der Waals surface area contributed by atoms with Crippen LogP contribution in [0, 0.1) is 5.92 Å². The van der Waals surface area contributed by atoms with Crippen LogP contribution >= 0.6 is 0 Å². The first-order valence-corrected chi connectivity index (χ1v) is 5.93. The molecule has 1 N–H and O–H groups in total. The lowest BCUT2D eigenvalue weighted by atomic mass is 9.99. The maximum absolute atomic E-state index is 11.8. The van der Waals surface area contributed by atoms with Crippen molar-refractivity contribution in [1.29, 1.82) is 0 Å². The molecule has 0 spiro atoms. The second kappa shape index (κ2) is 5.49. The normalized spacial score (nSPS) is 14.8. The van der Waals surface area contributed by atoms with Gasteiger partial charge in [0, 0.05) is 19.6 Å². The number of hydrogen-bond donors (Lipinski definition) is 1. The molecule has 0 aromatic heterocycles. The molecular formula is C14H16N2O2. The highest BCUT2D eigenvalue weighted by Gasteiger charge is 2.34. The van der Waals surface area contributed by atoms with Gasteiger partial charge in [-0.2, -0.15) is 0 Å². The summed E-state index contributed by atoms with van der Waals surface area (Å²) in [6.07, 6.45) is 1.28. The molecule has 0 radical (unpaired) electrons. The number of rotatable bonds is 4. The first-order chi connectivity index (χ1) is 8.70. The van der Waals surface area contributed by atoms with E-state index in [1.165, 1.54) is 6.08 Å². The number of nitrogens with one attached hydrogen (secondary N) is 1. The van der Waals surface area contributed by atoms with Crippen LogP contribution in [0.3, 0.4) is 0 Å². The molecule has 0 atom stereocenters. The molecule has 1 heterocycles. The second-order valence-corrected chi connectivity index (χ2v) is 4.35. The van der Waals surface area contributed by atoms with Gasteiger partial charge in [0.15, 0.2) is 0 Å². The summed E-state index contributed by atoms with van der Waals surface area (Å²) in [6, 6.07) is 9.75. The van der Waals surface area contributed by atoms with E-state index in [4.69, 9.17) is 0 Å². The fourth-order valence-electron chi connectivity index (χ4n) is 1.88. The molecule has 1 aliphatic heterocycles. The highest BCUT2D eigenvalue weighted by molar-refractivity contribution is 5.90. The Labute approximate surface area is 106 Å². The highest BCUT2D eigenvalue weighted by Crippen LogP contribution is 2.16. The van der Waals surface area contributed by atoms with Crippen molar-refractivity contribution in [3.63, 3.8) is 0 Å². The number of likely N-dealkylation sites (tertiary alicyclic amines) is 1. The molecule has 1 aliphatic rings. The minimum Gasteiger partial charge on any atom is -0.352 e. The fraction of sp³-hybridized carbons (Fsp3) is 0.286. The maximum Gasteiger partial charge on any atom is 0.246 e.